The summed E-state index contributed by atoms with van der Waals surface area (Å²) in [6.07, 6.45) is 4.18. The lowest BCUT2D eigenvalue weighted by molar-refractivity contribution is -0.152. The number of piperidine rings is 1. The first-order chi connectivity index (χ1) is 8.97. The van der Waals surface area contributed by atoms with Crippen molar-refractivity contribution in [3.63, 3.8) is 0 Å². The fourth-order valence-electron chi connectivity index (χ4n) is 3.69. The second kappa shape index (κ2) is 4.20. The van der Waals surface area contributed by atoms with E-state index in [1.807, 2.05) is 11.8 Å². The van der Waals surface area contributed by atoms with Gasteiger partial charge in [0, 0.05) is 19.7 Å². The van der Waals surface area contributed by atoms with Crippen molar-refractivity contribution >= 4 is 11.9 Å². The SMILES string of the molecule is CC1(C(=O)N2CCC3(CC2)CC3C(=O)O)CCCO1. The van der Waals surface area contributed by atoms with Crippen LogP contribution in [0.4, 0.5) is 0 Å². The van der Waals surface area contributed by atoms with Crippen LogP contribution in [0.15, 0.2) is 0 Å². The second-order valence-electron chi connectivity index (χ2n) is 6.43. The molecule has 106 valence electrons. The summed E-state index contributed by atoms with van der Waals surface area (Å²) in [4.78, 5) is 25.3. The summed E-state index contributed by atoms with van der Waals surface area (Å²) < 4.78 is 5.60. The molecule has 0 radical (unpaired) electrons. The Bertz CT molecular complexity index is 406. The summed E-state index contributed by atoms with van der Waals surface area (Å²) in [5.41, 5.74) is -0.652. The van der Waals surface area contributed by atoms with Gasteiger partial charge in [0.2, 0.25) is 0 Å². The third-order valence-corrected chi connectivity index (χ3v) is 5.21. The Balaban J connectivity index is 1.59. The van der Waals surface area contributed by atoms with E-state index in [4.69, 9.17) is 9.84 Å². The Morgan fingerprint density at radius 2 is 1.95 bits per heavy atom. The molecule has 2 heterocycles. The van der Waals surface area contributed by atoms with Gasteiger partial charge >= 0.3 is 5.97 Å². The van der Waals surface area contributed by atoms with Crippen molar-refractivity contribution in [2.75, 3.05) is 19.7 Å². The fourth-order valence-corrected chi connectivity index (χ4v) is 3.69. The predicted molar refractivity (Wildman–Crippen MR) is 67.6 cm³/mol. The van der Waals surface area contributed by atoms with Gasteiger partial charge in [0.05, 0.1) is 5.92 Å². The van der Waals surface area contributed by atoms with Crippen molar-refractivity contribution in [2.24, 2.45) is 11.3 Å². The first kappa shape index (κ1) is 12.9. The Hall–Kier alpha value is -1.10. The van der Waals surface area contributed by atoms with E-state index in [0.717, 1.165) is 32.1 Å². The van der Waals surface area contributed by atoms with Crippen LogP contribution in [0.1, 0.15) is 39.0 Å². The lowest BCUT2D eigenvalue weighted by Crippen LogP contribution is -2.50. The molecule has 5 heteroatoms. The molecular weight excluding hydrogens is 246 g/mol. The van der Waals surface area contributed by atoms with Crippen molar-refractivity contribution < 1.29 is 19.4 Å². The summed E-state index contributed by atoms with van der Waals surface area (Å²) >= 11 is 0. The van der Waals surface area contributed by atoms with Gasteiger partial charge in [-0.25, -0.2) is 0 Å². The maximum Gasteiger partial charge on any atom is 0.307 e. The highest BCUT2D eigenvalue weighted by Crippen LogP contribution is 2.59. The van der Waals surface area contributed by atoms with Crippen molar-refractivity contribution in [3.05, 3.63) is 0 Å². The standard InChI is InChI=1S/C14H21NO4/c1-13(3-2-8-19-13)12(18)15-6-4-14(5-7-15)9-10(14)11(16)17/h10H,2-9H2,1H3,(H,16,17). The van der Waals surface area contributed by atoms with Crippen LogP contribution in [-0.2, 0) is 14.3 Å². The van der Waals surface area contributed by atoms with Crippen LogP contribution in [-0.4, -0.2) is 47.2 Å². The minimum absolute atomic E-state index is 0.0138. The van der Waals surface area contributed by atoms with Gasteiger partial charge in [-0.15, -0.1) is 0 Å². The van der Waals surface area contributed by atoms with Gasteiger partial charge in [0.1, 0.15) is 5.60 Å². The molecular formula is C14H21NO4. The van der Waals surface area contributed by atoms with E-state index in [9.17, 15) is 9.59 Å². The molecule has 3 rings (SSSR count). The van der Waals surface area contributed by atoms with E-state index < -0.39 is 11.6 Å². The normalized spacial score (nSPS) is 36.5. The first-order valence-electron chi connectivity index (χ1n) is 7.13. The third kappa shape index (κ3) is 2.04. The van der Waals surface area contributed by atoms with E-state index in [1.54, 1.807) is 0 Å². The van der Waals surface area contributed by atoms with Gasteiger partial charge in [-0.2, -0.15) is 0 Å². The zero-order valence-electron chi connectivity index (χ0n) is 11.4. The summed E-state index contributed by atoms with van der Waals surface area (Å²) in [6.45, 7) is 3.91. The summed E-state index contributed by atoms with van der Waals surface area (Å²) in [5, 5.41) is 9.06. The molecule has 1 saturated carbocycles. The summed E-state index contributed by atoms with van der Waals surface area (Å²) in [6, 6.07) is 0. The molecule has 3 fully saturated rings. The van der Waals surface area contributed by atoms with Crippen LogP contribution in [0.5, 0.6) is 0 Å². The lowest BCUT2D eigenvalue weighted by atomic mass is 9.89. The number of carbonyl (C=O) groups is 2. The molecule has 0 aromatic carbocycles. The number of amides is 1. The molecule has 0 aromatic heterocycles. The van der Waals surface area contributed by atoms with Gasteiger partial charge in [-0.1, -0.05) is 0 Å². The molecule has 2 aliphatic heterocycles. The van der Waals surface area contributed by atoms with Crippen LogP contribution < -0.4 is 0 Å². The maximum absolute atomic E-state index is 12.5. The van der Waals surface area contributed by atoms with Crippen molar-refractivity contribution in [1.82, 2.24) is 4.90 Å². The van der Waals surface area contributed by atoms with Crippen LogP contribution in [0.2, 0.25) is 0 Å². The smallest absolute Gasteiger partial charge is 0.307 e. The number of carboxylic acids is 1. The zero-order valence-corrected chi connectivity index (χ0v) is 11.4. The van der Waals surface area contributed by atoms with Crippen molar-refractivity contribution in [3.8, 4) is 0 Å². The average molecular weight is 267 g/mol. The molecule has 1 spiro atoms. The molecule has 1 amide bonds. The number of aliphatic carboxylic acids is 1. The van der Waals surface area contributed by atoms with Crippen molar-refractivity contribution in [1.29, 1.82) is 0 Å². The molecule has 2 saturated heterocycles. The molecule has 3 aliphatic rings. The number of nitrogens with zero attached hydrogens (tertiary/aromatic N) is 1. The number of carbonyl (C=O) groups excluding carboxylic acids is 1. The predicted octanol–water partition coefficient (Wildman–Crippen LogP) is 1.27. The summed E-state index contributed by atoms with van der Waals surface area (Å²) in [7, 11) is 0. The zero-order chi connectivity index (χ0) is 13.7. The number of ether oxygens (including phenoxy) is 1. The number of hydrogen-bond donors (Lipinski definition) is 1. The molecule has 5 nitrogen and oxygen atoms in total. The maximum atomic E-state index is 12.5. The molecule has 1 N–H and O–H groups in total. The molecule has 0 aromatic rings. The van der Waals surface area contributed by atoms with E-state index in [0.29, 0.717) is 19.7 Å². The quantitative estimate of drug-likeness (QED) is 0.818. The lowest BCUT2D eigenvalue weighted by Gasteiger charge is -2.37. The van der Waals surface area contributed by atoms with Gasteiger partial charge < -0.3 is 14.7 Å². The largest absolute Gasteiger partial charge is 0.481 e. The number of hydrogen-bond acceptors (Lipinski definition) is 3. The van der Waals surface area contributed by atoms with E-state index in [2.05, 4.69) is 0 Å². The Morgan fingerprint density at radius 3 is 2.42 bits per heavy atom. The van der Waals surface area contributed by atoms with Crippen LogP contribution >= 0.6 is 0 Å². The van der Waals surface area contributed by atoms with E-state index >= 15 is 0 Å². The average Bonchev–Trinajstić information content (AvgIpc) is 2.90. The Kier molecular flexibility index (Phi) is 2.85. The van der Waals surface area contributed by atoms with Crippen LogP contribution in [0, 0.1) is 11.3 Å². The van der Waals surface area contributed by atoms with E-state index in [-0.39, 0.29) is 17.2 Å². The Morgan fingerprint density at radius 1 is 1.26 bits per heavy atom. The summed E-state index contributed by atoms with van der Waals surface area (Å²) in [5.74, 6) is -0.763. The fraction of sp³-hybridized carbons (Fsp3) is 0.857. The molecule has 2 atom stereocenters. The minimum Gasteiger partial charge on any atom is -0.481 e. The topological polar surface area (TPSA) is 66.8 Å². The van der Waals surface area contributed by atoms with Gasteiger partial charge in [0.15, 0.2) is 0 Å². The highest BCUT2D eigenvalue weighted by molar-refractivity contribution is 5.85. The number of rotatable bonds is 2. The van der Waals surface area contributed by atoms with Crippen LogP contribution in [0.25, 0.3) is 0 Å². The van der Waals surface area contributed by atoms with Gasteiger partial charge in [0.25, 0.3) is 5.91 Å². The third-order valence-electron chi connectivity index (χ3n) is 5.21. The molecule has 2 unspecified atom stereocenters. The number of likely N-dealkylation sites (tertiary alicyclic amines) is 1. The Labute approximate surface area is 112 Å². The molecule has 19 heavy (non-hydrogen) atoms. The minimum atomic E-state index is -0.675. The molecule has 0 bridgehead atoms. The highest BCUT2D eigenvalue weighted by atomic mass is 16.5. The van der Waals surface area contributed by atoms with Crippen molar-refractivity contribution in [2.45, 2.75) is 44.6 Å². The molecule has 1 aliphatic carbocycles. The van der Waals surface area contributed by atoms with Gasteiger partial charge in [-0.3, -0.25) is 9.59 Å². The van der Waals surface area contributed by atoms with Crippen LogP contribution in [0.3, 0.4) is 0 Å². The highest BCUT2D eigenvalue weighted by Gasteiger charge is 2.59. The number of carboxylic acid groups (broad SMARTS) is 1. The van der Waals surface area contributed by atoms with E-state index in [1.165, 1.54) is 0 Å². The monoisotopic (exact) mass is 267 g/mol. The first-order valence-corrected chi connectivity index (χ1v) is 7.13. The second-order valence-corrected chi connectivity index (χ2v) is 6.43. The van der Waals surface area contributed by atoms with Gasteiger partial charge in [-0.05, 0) is 44.4 Å².